The Bertz CT molecular complexity index is 462. The largest absolute Gasteiger partial charge is 0.294 e. The fraction of sp³-hybridized carbons (Fsp3) is 0.222. The Morgan fingerprint density at radius 2 is 2.06 bits per heavy atom. The van der Waals surface area contributed by atoms with Gasteiger partial charge in [0, 0.05) is 15.2 Å². The summed E-state index contributed by atoms with van der Waals surface area (Å²) in [5.41, 5.74) is -1.32. The van der Waals surface area contributed by atoms with E-state index in [-0.39, 0.29) is 5.56 Å². The van der Waals surface area contributed by atoms with Crippen molar-refractivity contribution in [1.82, 2.24) is 0 Å². The molecule has 1 rings (SSSR count). The van der Waals surface area contributed by atoms with E-state index >= 15 is 0 Å². The number of carbonyl (C=O) groups excluding carboxylic acids is 1. The lowest BCUT2D eigenvalue weighted by molar-refractivity contribution is -0.386. The third-order valence-corrected chi connectivity index (χ3v) is 2.82. The molecule has 0 aliphatic heterocycles. The fourth-order valence-electron chi connectivity index (χ4n) is 1.18. The van der Waals surface area contributed by atoms with Gasteiger partial charge < -0.3 is 0 Å². The lowest BCUT2D eigenvalue weighted by Crippen LogP contribution is -2.03. The van der Waals surface area contributed by atoms with E-state index in [9.17, 15) is 23.7 Å². The molecule has 0 fully saturated rings. The van der Waals surface area contributed by atoms with E-state index in [1.54, 1.807) is 22.6 Å². The number of halogens is 3. The number of rotatable bonds is 3. The Morgan fingerprint density at radius 1 is 1.50 bits per heavy atom. The summed E-state index contributed by atoms with van der Waals surface area (Å²) in [4.78, 5) is 20.8. The molecule has 1 aromatic rings. The third-order valence-electron chi connectivity index (χ3n) is 1.93. The van der Waals surface area contributed by atoms with E-state index in [1.165, 1.54) is 6.92 Å². The zero-order chi connectivity index (χ0) is 12.5. The highest BCUT2D eigenvalue weighted by Crippen LogP contribution is 2.32. The summed E-state index contributed by atoms with van der Waals surface area (Å²) in [5, 5.41) is 10.5. The summed E-state index contributed by atoms with van der Waals surface area (Å²) in [5.74, 6) is -0.402. The molecule has 0 heterocycles. The van der Waals surface area contributed by atoms with Crippen LogP contribution in [0.15, 0.2) is 12.1 Å². The number of Topliss-reactive ketones (excluding diaryl/α,β-unsaturated/α-hetero) is 1. The van der Waals surface area contributed by atoms with Gasteiger partial charge in [0.2, 0.25) is 0 Å². The van der Waals surface area contributed by atoms with Crippen LogP contribution in [0.25, 0.3) is 0 Å². The van der Waals surface area contributed by atoms with E-state index in [0.29, 0.717) is 3.57 Å². The van der Waals surface area contributed by atoms with Crippen LogP contribution in [0.5, 0.6) is 0 Å². The van der Waals surface area contributed by atoms with Gasteiger partial charge >= 0.3 is 0 Å². The third kappa shape index (κ3) is 2.52. The molecule has 0 amide bonds. The highest BCUT2D eigenvalue weighted by Gasteiger charge is 2.24. The van der Waals surface area contributed by atoms with Gasteiger partial charge in [0.05, 0.1) is 10.5 Å². The second-order valence-corrected chi connectivity index (χ2v) is 4.17. The molecule has 0 spiro atoms. The minimum absolute atomic E-state index is 0.0708. The van der Waals surface area contributed by atoms with Crippen molar-refractivity contribution in [3.63, 3.8) is 0 Å². The van der Waals surface area contributed by atoms with Crippen LogP contribution < -0.4 is 0 Å². The molecule has 0 saturated carbocycles. The Balaban J connectivity index is 3.49. The maximum absolute atomic E-state index is 12.5. The standard InChI is InChI=1S/C9H6F2INO3/c1-4(14)5-2-6(9(10)11)8(13(15)16)3-7(5)12/h2-3,9H,1H3. The number of nitro groups is 1. The molecule has 16 heavy (non-hydrogen) atoms. The molecule has 7 heteroatoms. The van der Waals surface area contributed by atoms with Crippen molar-refractivity contribution in [1.29, 1.82) is 0 Å². The van der Waals surface area contributed by atoms with Crippen LogP contribution >= 0.6 is 22.6 Å². The number of benzene rings is 1. The van der Waals surface area contributed by atoms with Gasteiger partial charge in [-0.2, -0.15) is 0 Å². The molecule has 4 nitrogen and oxygen atoms in total. The second kappa shape index (κ2) is 4.81. The predicted molar refractivity (Wildman–Crippen MR) is 60.8 cm³/mol. The van der Waals surface area contributed by atoms with Crippen LogP contribution in [0.2, 0.25) is 0 Å². The molecule has 0 saturated heterocycles. The van der Waals surface area contributed by atoms with Crippen molar-refractivity contribution in [2.24, 2.45) is 0 Å². The summed E-state index contributed by atoms with van der Waals surface area (Å²) in [6.45, 7) is 1.22. The number of ketones is 1. The van der Waals surface area contributed by atoms with Crippen LogP contribution in [0.1, 0.15) is 29.3 Å². The molecule has 0 bridgehead atoms. The minimum atomic E-state index is -2.98. The number of alkyl halides is 2. The maximum Gasteiger partial charge on any atom is 0.279 e. The van der Waals surface area contributed by atoms with Crippen molar-refractivity contribution < 1.29 is 18.5 Å². The summed E-state index contributed by atoms with van der Waals surface area (Å²) in [6.07, 6.45) is -2.98. The summed E-state index contributed by atoms with van der Waals surface area (Å²) in [7, 11) is 0. The van der Waals surface area contributed by atoms with Gasteiger partial charge in [0.1, 0.15) is 0 Å². The van der Waals surface area contributed by atoms with Gasteiger partial charge in [-0.15, -0.1) is 0 Å². The smallest absolute Gasteiger partial charge is 0.279 e. The van der Waals surface area contributed by atoms with E-state index in [4.69, 9.17) is 0 Å². The summed E-state index contributed by atoms with van der Waals surface area (Å²) >= 11 is 1.70. The van der Waals surface area contributed by atoms with Gasteiger partial charge in [0.15, 0.2) is 5.78 Å². The molecule has 1 aromatic carbocycles. The molecule has 86 valence electrons. The molecule has 0 radical (unpaired) electrons. The van der Waals surface area contributed by atoms with Gasteiger partial charge in [0.25, 0.3) is 12.1 Å². The zero-order valence-electron chi connectivity index (χ0n) is 8.04. The van der Waals surface area contributed by atoms with Crippen LogP contribution in [-0.2, 0) is 0 Å². The van der Waals surface area contributed by atoms with Crippen molar-refractivity contribution in [2.45, 2.75) is 13.3 Å². The molecule has 0 N–H and O–H groups in total. The van der Waals surface area contributed by atoms with Crippen molar-refractivity contribution in [3.05, 3.63) is 36.9 Å². The monoisotopic (exact) mass is 341 g/mol. The maximum atomic E-state index is 12.5. The van der Waals surface area contributed by atoms with Crippen molar-refractivity contribution in [2.75, 3.05) is 0 Å². The lowest BCUT2D eigenvalue weighted by atomic mass is 10.1. The normalized spacial score (nSPS) is 10.6. The molecular weight excluding hydrogens is 335 g/mol. The first-order chi connectivity index (χ1) is 7.34. The van der Waals surface area contributed by atoms with E-state index in [2.05, 4.69) is 0 Å². The number of hydrogen-bond donors (Lipinski definition) is 0. The SMILES string of the molecule is CC(=O)c1cc(C(F)F)c([N+](=O)[O-])cc1I. The summed E-state index contributed by atoms with van der Waals surface area (Å²) < 4.78 is 25.4. The van der Waals surface area contributed by atoms with E-state index in [0.717, 1.165) is 12.1 Å². The molecule has 0 aromatic heterocycles. The number of nitrogens with zero attached hydrogens (tertiary/aromatic N) is 1. The molecule has 0 aliphatic carbocycles. The minimum Gasteiger partial charge on any atom is -0.294 e. The fourth-order valence-corrected chi connectivity index (χ4v) is 2.01. The molecular formula is C9H6F2INO3. The first-order valence-corrected chi connectivity index (χ1v) is 5.19. The quantitative estimate of drug-likeness (QED) is 0.367. The Kier molecular flexibility index (Phi) is 3.89. The second-order valence-electron chi connectivity index (χ2n) is 3.00. The van der Waals surface area contributed by atoms with E-state index < -0.39 is 28.4 Å². The number of carbonyl (C=O) groups is 1. The van der Waals surface area contributed by atoms with Crippen LogP contribution in [0.3, 0.4) is 0 Å². The van der Waals surface area contributed by atoms with Crippen molar-refractivity contribution >= 4 is 34.1 Å². The average Bonchev–Trinajstić information content (AvgIpc) is 2.15. The highest BCUT2D eigenvalue weighted by atomic mass is 127. The Morgan fingerprint density at radius 3 is 2.44 bits per heavy atom. The Hall–Kier alpha value is -1.12. The van der Waals surface area contributed by atoms with Crippen LogP contribution in [0.4, 0.5) is 14.5 Å². The van der Waals surface area contributed by atoms with E-state index in [1.807, 2.05) is 0 Å². The molecule has 0 atom stereocenters. The first-order valence-electron chi connectivity index (χ1n) is 4.11. The Labute approximate surface area is 103 Å². The predicted octanol–water partition coefficient (Wildman–Crippen LogP) is 3.34. The molecule has 0 unspecified atom stereocenters. The van der Waals surface area contributed by atoms with Gasteiger partial charge in [-0.05, 0) is 35.6 Å². The topological polar surface area (TPSA) is 60.2 Å². The summed E-state index contributed by atoms with van der Waals surface area (Å²) in [6, 6.07) is 1.87. The number of hydrogen-bond acceptors (Lipinski definition) is 3. The van der Waals surface area contributed by atoms with Gasteiger partial charge in [-0.3, -0.25) is 14.9 Å². The first kappa shape index (κ1) is 12.9. The molecule has 0 aliphatic rings. The van der Waals surface area contributed by atoms with Crippen LogP contribution in [-0.4, -0.2) is 10.7 Å². The van der Waals surface area contributed by atoms with Gasteiger partial charge in [-0.1, -0.05) is 0 Å². The van der Waals surface area contributed by atoms with Crippen LogP contribution in [0, 0.1) is 13.7 Å². The lowest BCUT2D eigenvalue weighted by Gasteiger charge is -2.06. The van der Waals surface area contributed by atoms with Crippen molar-refractivity contribution in [3.8, 4) is 0 Å². The highest BCUT2D eigenvalue weighted by molar-refractivity contribution is 14.1. The average molecular weight is 341 g/mol. The zero-order valence-corrected chi connectivity index (χ0v) is 10.2. The number of nitro benzene ring substituents is 1. The van der Waals surface area contributed by atoms with Gasteiger partial charge in [-0.25, -0.2) is 8.78 Å².